The Morgan fingerprint density at radius 3 is 2.49 bits per heavy atom. The van der Waals surface area contributed by atoms with Gasteiger partial charge in [-0.05, 0) is 82.3 Å². The van der Waals surface area contributed by atoms with Crippen LogP contribution in [0.3, 0.4) is 0 Å². The van der Waals surface area contributed by atoms with Gasteiger partial charge in [0.1, 0.15) is 17.5 Å². The first-order valence-electron chi connectivity index (χ1n) is 20.1. The Kier molecular flexibility index (Phi) is 8.54. The highest BCUT2D eigenvalue weighted by Gasteiger charge is 2.48. The zero-order valence-corrected chi connectivity index (χ0v) is 31.6. The third-order valence-corrected chi connectivity index (χ3v) is 13.5. The predicted molar refractivity (Wildman–Crippen MR) is 207 cm³/mol. The summed E-state index contributed by atoms with van der Waals surface area (Å²) in [7, 11) is 0. The second-order valence-corrected chi connectivity index (χ2v) is 16.6. The first-order valence-corrected chi connectivity index (χ1v) is 20.1. The summed E-state index contributed by atoms with van der Waals surface area (Å²) >= 11 is 0. The van der Waals surface area contributed by atoms with E-state index in [1.807, 2.05) is 29.1 Å². The number of phenolic OH excluding ortho intramolecular Hbond substituents is 1. The number of nitrogen functional groups attached to an aromatic ring is 1. The molecule has 3 saturated heterocycles. The third kappa shape index (κ3) is 6.01. The molecule has 10 rings (SSSR count). The SMILES string of the molecule is Nc1nnc(-c2ccccc2O)cc1-c1cnn(C2CC(C(=O)N3CCC(N4CCC5(CC4)COc4c5ccc5c4CN(C4CCC(=O)NC4=O)C5=O)CC3)C2)c1. The largest absolute Gasteiger partial charge is 0.507 e. The number of nitrogens with zero attached hydrogens (tertiary/aromatic N) is 7. The van der Waals surface area contributed by atoms with Gasteiger partial charge in [-0.2, -0.15) is 5.10 Å². The smallest absolute Gasteiger partial charge is 0.255 e. The van der Waals surface area contributed by atoms with E-state index in [0.29, 0.717) is 48.0 Å². The van der Waals surface area contributed by atoms with Gasteiger partial charge in [-0.25, -0.2) is 0 Å². The number of hydrogen-bond acceptors (Lipinski definition) is 11. The normalized spacial score (nSPS) is 24.6. The minimum absolute atomic E-state index is 0.00959. The van der Waals surface area contributed by atoms with Gasteiger partial charge in [-0.3, -0.25) is 29.2 Å². The Balaban J connectivity index is 0.716. The number of fused-ring (bicyclic) bond motifs is 4. The maximum absolute atomic E-state index is 13.6. The summed E-state index contributed by atoms with van der Waals surface area (Å²) in [6.07, 6.45) is 9.61. The van der Waals surface area contributed by atoms with Gasteiger partial charge < -0.3 is 30.3 Å². The van der Waals surface area contributed by atoms with Gasteiger partial charge in [-0.1, -0.05) is 18.2 Å². The number of imide groups is 1. The lowest BCUT2D eigenvalue weighted by molar-refractivity contribution is -0.141. The van der Waals surface area contributed by atoms with E-state index in [1.165, 1.54) is 5.56 Å². The Bertz CT molecular complexity index is 2300. The van der Waals surface area contributed by atoms with Crippen molar-refractivity contribution in [2.75, 3.05) is 38.5 Å². The molecule has 15 nitrogen and oxygen atoms in total. The average molecular weight is 772 g/mol. The molecule has 6 aliphatic rings. The summed E-state index contributed by atoms with van der Waals surface area (Å²) in [5, 5.41) is 25.6. The van der Waals surface area contributed by atoms with Gasteiger partial charge in [0.05, 0.1) is 31.1 Å². The number of likely N-dealkylation sites (tertiary alicyclic amines) is 2. The van der Waals surface area contributed by atoms with Crippen molar-refractivity contribution in [3.05, 3.63) is 71.5 Å². The number of rotatable bonds is 6. The minimum Gasteiger partial charge on any atom is -0.507 e. The van der Waals surface area contributed by atoms with Crippen LogP contribution < -0.4 is 15.8 Å². The van der Waals surface area contributed by atoms with Crippen LogP contribution in [0.25, 0.3) is 22.4 Å². The standard InChI is InChI=1S/C42H45N9O6/c43-38-30(19-33(46-47-38)29-3-1-2-4-35(29)52)25-20-44-51(21-25)27-17-24(18-27)40(55)49-13-9-26(10-14-49)48-15-11-42(12-16-48)23-57-37-31-22-50(34-7-8-36(53)45-39(34)54)41(56)28(31)5-6-32(37)42/h1-6,19-21,24,26-27,34,52H,7-18,22-23H2,(H2,43,47)(H,45,53,54). The number of amides is 4. The lowest BCUT2D eigenvalue weighted by Crippen LogP contribution is -2.53. The van der Waals surface area contributed by atoms with E-state index in [4.69, 9.17) is 10.5 Å². The maximum Gasteiger partial charge on any atom is 0.255 e. The molecule has 5 aliphatic heterocycles. The van der Waals surface area contributed by atoms with Crippen molar-refractivity contribution in [1.82, 2.24) is 40.0 Å². The molecule has 7 heterocycles. The van der Waals surface area contributed by atoms with Gasteiger partial charge in [0, 0.05) is 76.5 Å². The van der Waals surface area contributed by atoms with Crippen molar-refractivity contribution < 1.29 is 29.0 Å². The number of benzene rings is 2. The van der Waals surface area contributed by atoms with Gasteiger partial charge in [-0.15, -0.1) is 10.2 Å². The molecule has 294 valence electrons. The van der Waals surface area contributed by atoms with Crippen molar-refractivity contribution in [1.29, 1.82) is 0 Å². The summed E-state index contributed by atoms with van der Waals surface area (Å²) in [5.41, 5.74) is 11.3. The van der Waals surface area contributed by atoms with E-state index < -0.39 is 11.9 Å². The summed E-state index contributed by atoms with van der Waals surface area (Å²) in [5.74, 6) is 0.554. The van der Waals surface area contributed by atoms with Crippen LogP contribution in [-0.2, 0) is 26.3 Å². The van der Waals surface area contributed by atoms with Crippen LogP contribution in [-0.4, -0.2) is 108 Å². The summed E-state index contributed by atoms with van der Waals surface area (Å²) < 4.78 is 8.31. The van der Waals surface area contributed by atoms with Crippen LogP contribution in [0.5, 0.6) is 11.5 Å². The van der Waals surface area contributed by atoms with Gasteiger partial charge in [0.25, 0.3) is 5.91 Å². The molecule has 1 aliphatic carbocycles. The van der Waals surface area contributed by atoms with Crippen molar-refractivity contribution >= 4 is 29.4 Å². The van der Waals surface area contributed by atoms with Gasteiger partial charge in [0.2, 0.25) is 17.7 Å². The molecule has 0 radical (unpaired) electrons. The second kappa shape index (κ2) is 13.7. The van der Waals surface area contributed by atoms with E-state index in [2.05, 4.69) is 36.5 Å². The Hall–Kier alpha value is -5.83. The zero-order chi connectivity index (χ0) is 39.0. The number of para-hydroxylation sites is 1. The molecular weight excluding hydrogens is 727 g/mol. The Morgan fingerprint density at radius 2 is 1.72 bits per heavy atom. The molecule has 1 saturated carbocycles. The average Bonchev–Trinajstić information content (AvgIpc) is 3.91. The number of aromatic nitrogens is 4. The zero-order valence-electron chi connectivity index (χ0n) is 31.6. The molecule has 4 aromatic rings. The number of hydrogen-bond donors (Lipinski definition) is 3. The Morgan fingerprint density at radius 1 is 0.930 bits per heavy atom. The topological polar surface area (TPSA) is 189 Å². The van der Waals surface area contributed by atoms with E-state index >= 15 is 0 Å². The summed E-state index contributed by atoms with van der Waals surface area (Å²) in [6.45, 7) is 4.34. The molecule has 2 aromatic carbocycles. The Labute approximate surface area is 329 Å². The van der Waals surface area contributed by atoms with Crippen molar-refractivity contribution in [2.24, 2.45) is 5.92 Å². The van der Waals surface area contributed by atoms with Crippen molar-refractivity contribution in [3.63, 3.8) is 0 Å². The molecule has 57 heavy (non-hydrogen) atoms. The number of anilines is 1. The van der Waals surface area contributed by atoms with Crippen molar-refractivity contribution in [2.45, 2.75) is 81.5 Å². The number of carbonyl (C=O) groups excluding carboxylic acids is 4. The van der Waals surface area contributed by atoms with E-state index in [0.717, 1.165) is 81.6 Å². The van der Waals surface area contributed by atoms with Crippen LogP contribution in [0.1, 0.15) is 78.9 Å². The highest BCUT2D eigenvalue weighted by molar-refractivity contribution is 6.06. The molecule has 4 fully saturated rings. The maximum atomic E-state index is 13.6. The molecule has 15 heteroatoms. The number of piperidine rings is 3. The fourth-order valence-corrected chi connectivity index (χ4v) is 10.1. The number of ether oxygens (including phenoxy) is 1. The summed E-state index contributed by atoms with van der Waals surface area (Å²) in [4.78, 5) is 57.5. The predicted octanol–water partition coefficient (Wildman–Crippen LogP) is 3.42. The van der Waals surface area contributed by atoms with E-state index in [9.17, 15) is 24.3 Å². The van der Waals surface area contributed by atoms with Gasteiger partial charge >= 0.3 is 0 Å². The highest BCUT2D eigenvalue weighted by atomic mass is 16.5. The molecule has 1 unspecified atom stereocenters. The molecule has 1 spiro atoms. The highest BCUT2D eigenvalue weighted by Crippen LogP contribution is 2.50. The number of nitrogens with one attached hydrogen (secondary N) is 1. The van der Waals surface area contributed by atoms with Crippen molar-refractivity contribution in [3.8, 4) is 33.9 Å². The quantitative estimate of drug-likeness (QED) is 0.244. The molecule has 1 atom stereocenters. The fraction of sp³-hybridized carbons (Fsp3) is 0.452. The van der Waals surface area contributed by atoms with Crippen LogP contribution in [0.2, 0.25) is 0 Å². The third-order valence-electron chi connectivity index (χ3n) is 13.5. The monoisotopic (exact) mass is 771 g/mol. The molecular formula is C42H45N9O6. The van der Waals surface area contributed by atoms with Crippen LogP contribution in [0.15, 0.2) is 54.9 Å². The lowest BCUT2D eigenvalue weighted by atomic mass is 9.73. The number of nitrogens with two attached hydrogens (primary N) is 1. The summed E-state index contributed by atoms with van der Waals surface area (Å²) in [6, 6.07) is 12.7. The first kappa shape index (κ1) is 35.6. The molecule has 4 N–H and O–H groups in total. The first-order chi connectivity index (χ1) is 27.7. The second-order valence-electron chi connectivity index (χ2n) is 16.6. The van der Waals surface area contributed by atoms with E-state index in [1.54, 1.807) is 29.3 Å². The van der Waals surface area contributed by atoms with Gasteiger partial charge in [0.15, 0.2) is 5.82 Å². The molecule has 0 bridgehead atoms. The fourth-order valence-electron chi connectivity index (χ4n) is 10.1. The van der Waals surface area contributed by atoms with Crippen LogP contribution >= 0.6 is 0 Å². The van der Waals surface area contributed by atoms with Crippen LogP contribution in [0, 0.1) is 5.92 Å². The minimum atomic E-state index is -0.648. The van der Waals surface area contributed by atoms with E-state index in [-0.39, 0.29) is 53.1 Å². The number of aromatic hydroxyl groups is 1. The molecule has 2 aromatic heterocycles. The van der Waals surface area contributed by atoms with Crippen LogP contribution in [0.4, 0.5) is 5.82 Å². The number of phenols is 1. The number of carbonyl (C=O) groups is 4. The lowest BCUT2D eigenvalue weighted by Gasteiger charge is -2.45. The molecule has 4 amide bonds.